The molecule has 4 heterocycles. The van der Waals surface area contributed by atoms with Crippen molar-refractivity contribution in [2.24, 2.45) is 0 Å². The third-order valence-corrected chi connectivity index (χ3v) is 5.35. The van der Waals surface area contributed by atoms with E-state index >= 15 is 0 Å². The smallest absolute Gasteiger partial charge is 0.227 e. The number of hydrogen-bond acceptors (Lipinski definition) is 5. The average Bonchev–Trinajstić information content (AvgIpc) is 3.06. The van der Waals surface area contributed by atoms with E-state index < -0.39 is 0 Å². The van der Waals surface area contributed by atoms with Crippen molar-refractivity contribution in [1.82, 2.24) is 9.88 Å². The van der Waals surface area contributed by atoms with Gasteiger partial charge in [-0.05, 0) is 28.5 Å². The summed E-state index contributed by atoms with van der Waals surface area (Å²) in [7, 11) is 0. The number of nitrogens with zero attached hydrogens (tertiary/aromatic N) is 2. The highest BCUT2D eigenvalue weighted by atomic mass is 32.1. The predicted octanol–water partition coefficient (Wildman–Crippen LogP) is 2.52. The minimum atomic E-state index is -0.234. The van der Waals surface area contributed by atoms with Gasteiger partial charge in [-0.3, -0.25) is 4.79 Å². The summed E-state index contributed by atoms with van der Waals surface area (Å²) in [5, 5.41) is 4.03. The van der Waals surface area contributed by atoms with E-state index in [-0.39, 0.29) is 17.6 Å². The van der Waals surface area contributed by atoms with Gasteiger partial charge in [0.05, 0.1) is 26.1 Å². The standard InChI is InChI=1S/C18H20N2O3S/c21-17(9-14-5-8-24-11-14)20-12-18(13-20)10-15(4-7-22-18)23-16-3-1-2-6-19-16/h1-3,5-6,8,11,15H,4,7,9-10,12-13H2. The van der Waals surface area contributed by atoms with E-state index in [1.807, 2.05) is 39.9 Å². The van der Waals surface area contributed by atoms with Gasteiger partial charge in [0.1, 0.15) is 11.7 Å². The number of thiophene rings is 1. The maximum absolute atomic E-state index is 12.3. The number of amides is 1. The fraction of sp³-hybridized carbons (Fsp3) is 0.444. The number of rotatable bonds is 4. The molecule has 0 radical (unpaired) electrons. The van der Waals surface area contributed by atoms with Crippen molar-refractivity contribution in [2.45, 2.75) is 31.0 Å². The lowest BCUT2D eigenvalue weighted by atomic mass is 9.84. The molecule has 126 valence electrons. The van der Waals surface area contributed by atoms with Crippen molar-refractivity contribution < 1.29 is 14.3 Å². The van der Waals surface area contributed by atoms with Crippen molar-refractivity contribution in [1.29, 1.82) is 0 Å². The van der Waals surface area contributed by atoms with Gasteiger partial charge >= 0.3 is 0 Å². The van der Waals surface area contributed by atoms with Crippen LogP contribution >= 0.6 is 11.3 Å². The highest BCUT2D eigenvalue weighted by Crippen LogP contribution is 2.35. The Morgan fingerprint density at radius 1 is 1.42 bits per heavy atom. The van der Waals surface area contributed by atoms with E-state index in [2.05, 4.69) is 4.98 Å². The van der Waals surface area contributed by atoms with Crippen molar-refractivity contribution in [3.8, 4) is 5.88 Å². The molecule has 1 amide bonds. The minimum Gasteiger partial charge on any atom is -0.474 e. The Hall–Kier alpha value is -1.92. The van der Waals surface area contributed by atoms with E-state index in [4.69, 9.17) is 9.47 Å². The van der Waals surface area contributed by atoms with Gasteiger partial charge in [0.25, 0.3) is 0 Å². The van der Waals surface area contributed by atoms with Crippen molar-refractivity contribution in [3.63, 3.8) is 0 Å². The van der Waals surface area contributed by atoms with E-state index in [1.54, 1.807) is 17.5 Å². The molecule has 2 fully saturated rings. The fourth-order valence-corrected chi connectivity index (χ4v) is 4.07. The van der Waals surface area contributed by atoms with Crippen molar-refractivity contribution >= 4 is 17.2 Å². The van der Waals surface area contributed by atoms with Crippen molar-refractivity contribution in [2.75, 3.05) is 19.7 Å². The summed E-state index contributed by atoms with van der Waals surface area (Å²) in [5.41, 5.74) is 0.856. The van der Waals surface area contributed by atoms with Crippen LogP contribution in [0.15, 0.2) is 41.2 Å². The van der Waals surface area contributed by atoms with Crippen LogP contribution in [0.4, 0.5) is 0 Å². The molecule has 4 rings (SSSR count). The second-order valence-electron chi connectivity index (χ2n) is 6.49. The van der Waals surface area contributed by atoms with Crippen LogP contribution in [0.2, 0.25) is 0 Å². The van der Waals surface area contributed by atoms with Gasteiger partial charge in [0.2, 0.25) is 11.8 Å². The van der Waals surface area contributed by atoms with Crippen LogP contribution in [-0.2, 0) is 16.0 Å². The number of likely N-dealkylation sites (tertiary alicyclic amines) is 1. The quantitative estimate of drug-likeness (QED) is 0.855. The van der Waals surface area contributed by atoms with Crippen LogP contribution in [0, 0.1) is 0 Å². The predicted molar refractivity (Wildman–Crippen MR) is 91.2 cm³/mol. The lowest BCUT2D eigenvalue weighted by Crippen LogP contribution is -2.67. The van der Waals surface area contributed by atoms with Gasteiger partial charge in [0, 0.05) is 25.1 Å². The number of ether oxygens (including phenoxy) is 2. The second kappa shape index (κ2) is 6.53. The summed E-state index contributed by atoms with van der Waals surface area (Å²) in [5.74, 6) is 0.833. The molecule has 0 aliphatic carbocycles. The van der Waals surface area contributed by atoms with Crippen molar-refractivity contribution in [3.05, 3.63) is 46.8 Å². The van der Waals surface area contributed by atoms with Crippen LogP contribution in [0.1, 0.15) is 18.4 Å². The molecule has 1 spiro atoms. The SMILES string of the molecule is O=C(Cc1ccsc1)N1CC2(CC(Oc3ccccn3)CCO2)C1. The maximum atomic E-state index is 12.3. The molecular formula is C18H20N2O3S. The number of aromatic nitrogens is 1. The van der Waals surface area contributed by atoms with E-state index in [9.17, 15) is 4.79 Å². The zero-order valence-corrected chi connectivity index (χ0v) is 14.2. The Balaban J connectivity index is 1.31. The summed E-state index contributed by atoms with van der Waals surface area (Å²) < 4.78 is 12.0. The number of carbonyl (C=O) groups is 1. The zero-order valence-electron chi connectivity index (χ0n) is 13.4. The number of carbonyl (C=O) groups excluding carboxylic acids is 1. The summed E-state index contributed by atoms with van der Waals surface area (Å²) >= 11 is 1.62. The third kappa shape index (κ3) is 3.30. The molecule has 2 aliphatic heterocycles. The van der Waals surface area contributed by atoms with Gasteiger partial charge < -0.3 is 14.4 Å². The molecule has 2 aromatic rings. The van der Waals surface area contributed by atoms with Crippen LogP contribution in [0.3, 0.4) is 0 Å². The molecule has 2 aromatic heterocycles. The van der Waals surface area contributed by atoms with Crippen LogP contribution < -0.4 is 4.74 Å². The topological polar surface area (TPSA) is 51.7 Å². The molecule has 1 unspecified atom stereocenters. The third-order valence-electron chi connectivity index (χ3n) is 4.62. The minimum absolute atomic E-state index is 0.0998. The maximum Gasteiger partial charge on any atom is 0.227 e. The monoisotopic (exact) mass is 344 g/mol. The molecule has 0 saturated carbocycles. The number of pyridine rings is 1. The first kappa shape index (κ1) is 15.6. The second-order valence-corrected chi connectivity index (χ2v) is 7.27. The first-order valence-corrected chi connectivity index (χ1v) is 9.17. The van der Waals surface area contributed by atoms with Gasteiger partial charge in [-0.1, -0.05) is 6.07 Å². The van der Waals surface area contributed by atoms with Crippen LogP contribution in [-0.4, -0.2) is 47.2 Å². The van der Waals surface area contributed by atoms with Gasteiger partial charge in [-0.2, -0.15) is 11.3 Å². The first-order valence-electron chi connectivity index (χ1n) is 8.23. The lowest BCUT2D eigenvalue weighted by Gasteiger charge is -2.52. The molecule has 1 atom stereocenters. The normalized spacial score (nSPS) is 22.2. The molecule has 0 N–H and O–H groups in total. The van der Waals surface area contributed by atoms with Gasteiger partial charge in [-0.15, -0.1) is 0 Å². The summed E-state index contributed by atoms with van der Waals surface area (Å²) in [4.78, 5) is 18.4. The number of hydrogen-bond donors (Lipinski definition) is 0. The Bertz CT molecular complexity index is 684. The summed E-state index contributed by atoms with van der Waals surface area (Å²) in [6.07, 6.45) is 3.99. The Morgan fingerprint density at radius 2 is 2.33 bits per heavy atom. The van der Waals surface area contributed by atoms with E-state index in [0.717, 1.165) is 18.4 Å². The van der Waals surface area contributed by atoms with E-state index in [0.29, 0.717) is 32.0 Å². The fourth-order valence-electron chi connectivity index (χ4n) is 3.40. The Labute approximate surface area is 145 Å². The molecule has 5 nitrogen and oxygen atoms in total. The average molecular weight is 344 g/mol. The molecule has 2 aliphatic rings. The molecule has 2 saturated heterocycles. The Morgan fingerprint density at radius 3 is 3.08 bits per heavy atom. The summed E-state index contributed by atoms with van der Waals surface area (Å²) in [6.45, 7) is 2.00. The first-order chi connectivity index (χ1) is 11.7. The van der Waals surface area contributed by atoms with Gasteiger partial charge in [-0.25, -0.2) is 4.98 Å². The molecule has 24 heavy (non-hydrogen) atoms. The van der Waals surface area contributed by atoms with E-state index in [1.165, 1.54) is 0 Å². The van der Waals surface area contributed by atoms with Crippen LogP contribution in [0.25, 0.3) is 0 Å². The molecule has 0 bridgehead atoms. The largest absolute Gasteiger partial charge is 0.474 e. The molecule has 6 heteroatoms. The zero-order chi connectivity index (χ0) is 16.4. The lowest BCUT2D eigenvalue weighted by molar-refractivity contribution is -0.193. The summed E-state index contributed by atoms with van der Waals surface area (Å²) in [6, 6.07) is 7.68. The van der Waals surface area contributed by atoms with Gasteiger partial charge in [0.15, 0.2) is 0 Å². The molecule has 0 aromatic carbocycles. The van der Waals surface area contributed by atoms with Crippen LogP contribution in [0.5, 0.6) is 5.88 Å². The Kier molecular flexibility index (Phi) is 4.24. The highest BCUT2D eigenvalue weighted by molar-refractivity contribution is 7.08. The highest BCUT2D eigenvalue weighted by Gasteiger charge is 2.49. The molecular weight excluding hydrogens is 324 g/mol.